The molecule has 12 heavy (non-hydrogen) atoms. The van der Waals surface area contributed by atoms with Crippen molar-refractivity contribution in [2.24, 2.45) is 23.5 Å². The van der Waals surface area contributed by atoms with Crippen molar-refractivity contribution in [2.75, 3.05) is 19.8 Å². The molecule has 1 heterocycles. The molecule has 2 N–H and O–H groups in total. The van der Waals surface area contributed by atoms with Crippen molar-refractivity contribution in [1.29, 1.82) is 0 Å². The summed E-state index contributed by atoms with van der Waals surface area (Å²) in [5.41, 5.74) is 5.59. The third kappa shape index (κ3) is 2.46. The van der Waals surface area contributed by atoms with E-state index in [4.69, 9.17) is 10.5 Å². The van der Waals surface area contributed by atoms with Gasteiger partial charge in [0.1, 0.15) is 0 Å². The van der Waals surface area contributed by atoms with Crippen LogP contribution in [0.4, 0.5) is 0 Å². The Morgan fingerprint density at radius 2 is 2.25 bits per heavy atom. The van der Waals surface area contributed by atoms with Crippen molar-refractivity contribution in [3.8, 4) is 0 Å². The zero-order valence-electron chi connectivity index (χ0n) is 8.25. The van der Waals surface area contributed by atoms with Crippen molar-refractivity contribution < 1.29 is 4.74 Å². The molecule has 1 rings (SSSR count). The SMILES string of the molecule is CC(C)C(CCN)C1CCOC1. The highest BCUT2D eigenvalue weighted by atomic mass is 16.5. The third-order valence-electron chi connectivity index (χ3n) is 2.93. The molecule has 0 aromatic carbocycles. The highest BCUT2D eigenvalue weighted by Crippen LogP contribution is 2.30. The van der Waals surface area contributed by atoms with Crippen molar-refractivity contribution in [2.45, 2.75) is 26.7 Å². The average molecular weight is 171 g/mol. The summed E-state index contributed by atoms with van der Waals surface area (Å²) < 4.78 is 5.39. The van der Waals surface area contributed by atoms with Gasteiger partial charge in [0, 0.05) is 13.2 Å². The lowest BCUT2D eigenvalue weighted by Crippen LogP contribution is -2.23. The first-order valence-corrected chi connectivity index (χ1v) is 5.03. The zero-order valence-corrected chi connectivity index (χ0v) is 8.25. The van der Waals surface area contributed by atoms with Crippen molar-refractivity contribution in [3.05, 3.63) is 0 Å². The van der Waals surface area contributed by atoms with E-state index in [-0.39, 0.29) is 0 Å². The molecule has 0 amide bonds. The number of rotatable bonds is 4. The molecule has 2 unspecified atom stereocenters. The second-order valence-electron chi connectivity index (χ2n) is 4.11. The van der Waals surface area contributed by atoms with Crippen LogP contribution >= 0.6 is 0 Å². The molecule has 2 nitrogen and oxygen atoms in total. The van der Waals surface area contributed by atoms with E-state index in [1.54, 1.807) is 0 Å². The quantitative estimate of drug-likeness (QED) is 0.698. The van der Waals surface area contributed by atoms with Crippen molar-refractivity contribution in [1.82, 2.24) is 0 Å². The van der Waals surface area contributed by atoms with Crippen LogP contribution in [0.1, 0.15) is 26.7 Å². The summed E-state index contributed by atoms with van der Waals surface area (Å²) in [5, 5.41) is 0. The van der Waals surface area contributed by atoms with Crippen LogP contribution in [0.15, 0.2) is 0 Å². The predicted octanol–water partition coefficient (Wildman–Crippen LogP) is 1.64. The summed E-state index contributed by atoms with van der Waals surface area (Å²) in [6.07, 6.45) is 2.40. The minimum Gasteiger partial charge on any atom is -0.381 e. The molecule has 0 aromatic heterocycles. The first-order valence-electron chi connectivity index (χ1n) is 5.03. The number of hydrogen-bond acceptors (Lipinski definition) is 2. The van der Waals surface area contributed by atoms with Crippen molar-refractivity contribution >= 4 is 0 Å². The van der Waals surface area contributed by atoms with E-state index < -0.39 is 0 Å². The van der Waals surface area contributed by atoms with Gasteiger partial charge >= 0.3 is 0 Å². The number of nitrogens with two attached hydrogens (primary N) is 1. The highest BCUT2D eigenvalue weighted by molar-refractivity contribution is 4.76. The Morgan fingerprint density at radius 1 is 1.50 bits per heavy atom. The van der Waals surface area contributed by atoms with E-state index in [0.717, 1.165) is 43.9 Å². The monoisotopic (exact) mass is 171 g/mol. The van der Waals surface area contributed by atoms with Gasteiger partial charge in [0.25, 0.3) is 0 Å². The maximum Gasteiger partial charge on any atom is 0.0497 e. The molecule has 1 fully saturated rings. The lowest BCUT2D eigenvalue weighted by molar-refractivity contribution is 0.156. The third-order valence-corrected chi connectivity index (χ3v) is 2.93. The molecule has 0 aliphatic carbocycles. The maximum absolute atomic E-state index is 5.59. The van der Waals surface area contributed by atoms with Gasteiger partial charge in [0.05, 0.1) is 0 Å². The van der Waals surface area contributed by atoms with Gasteiger partial charge in [-0.2, -0.15) is 0 Å². The highest BCUT2D eigenvalue weighted by Gasteiger charge is 2.26. The van der Waals surface area contributed by atoms with Gasteiger partial charge in [-0.25, -0.2) is 0 Å². The van der Waals surface area contributed by atoms with E-state index in [0.29, 0.717) is 0 Å². The molecule has 0 saturated carbocycles. The van der Waals surface area contributed by atoms with Crippen LogP contribution in [-0.2, 0) is 4.74 Å². The molecule has 1 aliphatic heterocycles. The average Bonchev–Trinajstić information content (AvgIpc) is 2.51. The molecule has 2 atom stereocenters. The number of hydrogen-bond donors (Lipinski definition) is 1. The lowest BCUT2D eigenvalue weighted by Gasteiger charge is -2.25. The standard InChI is InChI=1S/C10H21NO/c1-8(2)10(3-5-11)9-4-6-12-7-9/h8-10H,3-7,11H2,1-2H3. The molecule has 72 valence electrons. The molecule has 1 saturated heterocycles. The van der Waals surface area contributed by atoms with E-state index in [9.17, 15) is 0 Å². The molecule has 0 radical (unpaired) electrons. The Hall–Kier alpha value is -0.0800. The summed E-state index contributed by atoms with van der Waals surface area (Å²) in [6.45, 7) is 7.32. The summed E-state index contributed by atoms with van der Waals surface area (Å²) in [6, 6.07) is 0. The molecule has 0 spiro atoms. The van der Waals surface area contributed by atoms with Crippen molar-refractivity contribution in [3.63, 3.8) is 0 Å². The second kappa shape index (κ2) is 4.83. The Bertz CT molecular complexity index is 119. The largest absolute Gasteiger partial charge is 0.381 e. The molecule has 0 aromatic rings. The van der Waals surface area contributed by atoms with Gasteiger partial charge < -0.3 is 10.5 Å². The van der Waals surface area contributed by atoms with E-state index >= 15 is 0 Å². The topological polar surface area (TPSA) is 35.2 Å². The van der Waals surface area contributed by atoms with Crippen LogP contribution < -0.4 is 5.73 Å². The van der Waals surface area contributed by atoms with Crippen LogP contribution in [0.2, 0.25) is 0 Å². The Labute approximate surface area is 75.5 Å². The van der Waals surface area contributed by atoms with Gasteiger partial charge in [-0.05, 0) is 37.1 Å². The molecule has 1 aliphatic rings. The Kier molecular flexibility index (Phi) is 4.02. The normalized spacial score (nSPS) is 26.5. The zero-order chi connectivity index (χ0) is 8.97. The smallest absolute Gasteiger partial charge is 0.0497 e. The Morgan fingerprint density at radius 3 is 2.67 bits per heavy atom. The van der Waals surface area contributed by atoms with Gasteiger partial charge in [0.2, 0.25) is 0 Å². The fourth-order valence-corrected chi connectivity index (χ4v) is 2.20. The van der Waals surface area contributed by atoms with E-state index in [1.807, 2.05) is 0 Å². The maximum atomic E-state index is 5.59. The first-order chi connectivity index (χ1) is 5.75. The molecular weight excluding hydrogens is 150 g/mol. The fraction of sp³-hybridized carbons (Fsp3) is 1.00. The van der Waals surface area contributed by atoms with E-state index in [1.165, 1.54) is 6.42 Å². The van der Waals surface area contributed by atoms with Crippen LogP contribution in [0.5, 0.6) is 0 Å². The van der Waals surface area contributed by atoms with Crippen LogP contribution in [0.3, 0.4) is 0 Å². The van der Waals surface area contributed by atoms with Crippen LogP contribution in [0, 0.1) is 17.8 Å². The number of ether oxygens (including phenoxy) is 1. The second-order valence-corrected chi connectivity index (χ2v) is 4.11. The minimum atomic E-state index is 0.750. The summed E-state index contributed by atoms with van der Waals surface area (Å²) >= 11 is 0. The predicted molar refractivity (Wildman–Crippen MR) is 50.9 cm³/mol. The molecular formula is C10H21NO. The molecule has 0 bridgehead atoms. The first kappa shape index (κ1) is 10.0. The fourth-order valence-electron chi connectivity index (χ4n) is 2.20. The van der Waals surface area contributed by atoms with Gasteiger partial charge in [-0.3, -0.25) is 0 Å². The summed E-state index contributed by atoms with van der Waals surface area (Å²) in [7, 11) is 0. The summed E-state index contributed by atoms with van der Waals surface area (Å²) in [5.74, 6) is 2.30. The van der Waals surface area contributed by atoms with Gasteiger partial charge in [-0.1, -0.05) is 13.8 Å². The van der Waals surface area contributed by atoms with Crippen LogP contribution in [-0.4, -0.2) is 19.8 Å². The van der Waals surface area contributed by atoms with Gasteiger partial charge in [0.15, 0.2) is 0 Å². The van der Waals surface area contributed by atoms with E-state index in [2.05, 4.69) is 13.8 Å². The molecule has 2 heteroatoms. The lowest BCUT2D eigenvalue weighted by atomic mass is 9.81. The Balaban J connectivity index is 2.40. The van der Waals surface area contributed by atoms with Gasteiger partial charge in [-0.15, -0.1) is 0 Å². The minimum absolute atomic E-state index is 0.750. The van der Waals surface area contributed by atoms with Crippen LogP contribution in [0.25, 0.3) is 0 Å². The summed E-state index contributed by atoms with van der Waals surface area (Å²) in [4.78, 5) is 0.